The Labute approximate surface area is 121 Å². The Morgan fingerprint density at radius 2 is 1.95 bits per heavy atom. The first-order valence-corrected chi connectivity index (χ1v) is 8.33. The van der Waals surface area contributed by atoms with Crippen molar-refractivity contribution >= 4 is 31.3 Å². The lowest BCUT2D eigenvalue weighted by atomic mass is 10.2. The summed E-state index contributed by atoms with van der Waals surface area (Å²) >= 11 is 6.14. The van der Waals surface area contributed by atoms with Crippen LogP contribution in [0, 0.1) is 6.92 Å². The van der Waals surface area contributed by atoms with E-state index in [1.807, 2.05) is 31.2 Å². The first-order valence-electron chi connectivity index (χ1n) is 5.64. The molecule has 19 heavy (non-hydrogen) atoms. The van der Waals surface area contributed by atoms with Gasteiger partial charge in [-0.2, -0.15) is 5.10 Å². The van der Waals surface area contributed by atoms with Gasteiger partial charge in [-0.25, -0.2) is 13.1 Å². The zero-order chi connectivity index (χ0) is 14.2. The average Bonchev–Trinajstić information content (AvgIpc) is 2.66. The van der Waals surface area contributed by atoms with Crippen LogP contribution in [0.1, 0.15) is 18.2 Å². The van der Waals surface area contributed by atoms with Crippen molar-refractivity contribution in [2.45, 2.75) is 25.2 Å². The van der Waals surface area contributed by atoms with Crippen LogP contribution in [0.5, 0.6) is 0 Å². The minimum absolute atomic E-state index is 0.0150. The normalized spacial score (nSPS) is 11.8. The predicted molar refractivity (Wildman–Crippen MR) is 75.7 cm³/mol. The fourth-order valence-corrected chi connectivity index (χ4v) is 3.76. The lowest BCUT2D eigenvalue weighted by molar-refractivity contribution is 0.608. The molecule has 0 bridgehead atoms. The van der Waals surface area contributed by atoms with Gasteiger partial charge in [-0.15, -0.1) is 0 Å². The van der Waals surface area contributed by atoms with E-state index >= 15 is 0 Å². The van der Waals surface area contributed by atoms with Gasteiger partial charge in [0, 0.05) is 10.7 Å². The van der Waals surface area contributed by atoms with Crippen molar-refractivity contribution in [3.8, 4) is 5.69 Å². The summed E-state index contributed by atoms with van der Waals surface area (Å²) in [5, 5.41) is 4.26. The summed E-state index contributed by atoms with van der Waals surface area (Å²) in [7, 11) is 1.50. The third kappa shape index (κ3) is 2.63. The number of aromatic nitrogens is 2. The summed E-state index contributed by atoms with van der Waals surface area (Å²) in [6.07, 6.45) is 0.430. The minimum atomic E-state index is -3.92. The molecular weight excluding hydrogens is 307 g/mol. The molecule has 0 aliphatic carbocycles. The van der Waals surface area contributed by atoms with E-state index in [9.17, 15) is 8.42 Å². The van der Waals surface area contributed by atoms with Gasteiger partial charge in [0.15, 0.2) is 5.15 Å². The van der Waals surface area contributed by atoms with Crippen molar-refractivity contribution in [3.63, 3.8) is 0 Å². The Morgan fingerprint density at radius 3 is 2.42 bits per heavy atom. The van der Waals surface area contributed by atoms with Gasteiger partial charge in [-0.05, 0) is 25.0 Å². The van der Waals surface area contributed by atoms with Crippen LogP contribution in [-0.4, -0.2) is 18.2 Å². The quantitative estimate of drug-likeness (QED) is 0.816. The molecule has 0 saturated carbocycles. The highest BCUT2D eigenvalue weighted by Gasteiger charge is 2.26. The van der Waals surface area contributed by atoms with Crippen molar-refractivity contribution in [2.24, 2.45) is 0 Å². The van der Waals surface area contributed by atoms with Crippen LogP contribution < -0.4 is 0 Å². The smallest absolute Gasteiger partial charge is 0.220 e. The highest BCUT2D eigenvalue weighted by Crippen LogP contribution is 2.31. The van der Waals surface area contributed by atoms with Crippen molar-refractivity contribution < 1.29 is 8.42 Å². The summed E-state index contributed by atoms with van der Waals surface area (Å²) in [5.74, 6) is 0. The maximum atomic E-state index is 11.6. The Hall–Kier alpha value is -1.04. The zero-order valence-corrected chi connectivity index (χ0v) is 12.7. The number of para-hydroxylation sites is 1. The molecule has 0 saturated heterocycles. The summed E-state index contributed by atoms with van der Waals surface area (Å²) in [6.45, 7) is 3.69. The summed E-state index contributed by atoms with van der Waals surface area (Å²) in [5.41, 5.74) is 2.03. The molecule has 1 aromatic carbocycles. The van der Waals surface area contributed by atoms with Gasteiger partial charge in [0.25, 0.3) is 9.05 Å². The van der Waals surface area contributed by atoms with E-state index in [-0.39, 0.29) is 10.0 Å². The fraction of sp³-hybridized carbons (Fsp3) is 0.250. The number of benzene rings is 1. The topological polar surface area (TPSA) is 52.0 Å². The Balaban J connectivity index is 2.75. The van der Waals surface area contributed by atoms with Crippen molar-refractivity contribution in [1.29, 1.82) is 0 Å². The Morgan fingerprint density at radius 1 is 1.32 bits per heavy atom. The van der Waals surface area contributed by atoms with Crippen molar-refractivity contribution in [2.75, 3.05) is 0 Å². The molecule has 1 heterocycles. The maximum Gasteiger partial charge on any atom is 0.266 e. The van der Waals surface area contributed by atoms with Crippen LogP contribution in [0.2, 0.25) is 5.15 Å². The van der Waals surface area contributed by atoms with Gasteiger partial charge in [0.2, 0.25) is 0 Å². The largest absolute Gasteiger partial charge is 0.266 e. The average molecular weight is 319 g/mol. The molecule has 7 heteroatoms. The molecule has 0 spiro atoms. The second-order valence-electron chi connectivity index (χ2n) is 4.06. The lowest BCUT2D eigenvalue weighted by Crippen LogP contribution is -1.99. The number of hydrogen-bond donors (Lipinski definition) is 0. The van der Waals surface area contributed by atoms with Gasteiger partial charge >= 0.3 is 0 Å². The molecule has 102 valence electrons. The molecule has 0 aliphatic heterocycles. The van der Waals surface area contributed by atoms with E-state index in [4.69, 9.17) is 22.3 Å². The first-order chi connectivity index (χ1) is 8.86. The van der Waals surface area contributed by atoms with E-state index in [0.717, 1.165) is 11.3 Å². The SMILES string of the molecule is CCc1nn(-c2ccccc2C)c(Cl)c1S(=O)(=O)Cl. The van der Waals surface area contributed by atoms with Crippen LogP contribution in [-0.2, 0) is 15.5 Å². The van der Waals surface area contributed by atoms with Crippen LogP contribution >= 0.6 is 22.3 Å². The Kier molecular flexibility index (Phi) is 3.90. The Bertz CT molecular complexity index is 723. The molecule has 4 nitrogen and oxygen atoms in total. The first kappa shape index (κ1) is 14.4. The van der Waals surface area contributed by atoms with Gasteiger partial charge in [-0.3, -0.25) is 0 Å². The molecular formula is C12H12Cl2N2O2S. The summed E-state index contributed by atoms with van der Waals surface area (Å²) in [4.78, 5) is -0.110. The van der Waals surface area contributed by atoms with E-state index < -0.39 is 9.05 Å². The molecule has 0 unspecified atom stereocenters. The van der Waals surface area contributed by atoms with E-state index in [2.05, 4.69) is 5.10 Å². The second-order valence-corrected chi connectivity index (χ2v) is 6.92. The van der Waals surface area contributed by atoms with Crippen molar-refractivity contribution in [1.82, 2.24) is 9.78 Å². The monoisotopic (exact) mass is 318 g/mol. The lowest BCUT2D eigenvalue weighted by Gasteiger charge is -2.06. The number of rotatable bonds is 3. The second kappa shape index (κ2) is 5.15. The van der Waals surface area contributed by atoms with Gasteiger partial charge in [0.05, 0.1) is 11.4 Å². The van der Waals surface area contributed by atoms with Crippen LogP contribution in [0.3, 0.4) is 0 Å². The van der Waals surface area contributed by atoms with Gasteiger partial charge in [-0.1, -0.05) is 36.7 Å². The highest BCUT2D eigenvalue weighted by atomic mass is 35.7. The molecule has 0 N–H and O–H groups in total. The van der Waals surface area contributed by atoms with Crippen molar-refractivity contribution in [3.05, 3.63) is 40.7 Å². The van der Waals surface area contributed by atoms with Crippen LogP contribution in [0.25, 0.3) is 5.69 Å². The highest BCUT2D eigenvalue weighted by molar-refractivity contribution is 8.13. The van der Waals surface area contributed by atoms with Gasteiger partial charge in [0.1, 0.15) is 4.90 Å². The third-order valence-electron chi connectivity index (χ3n) is 2.78. The number of halogens is 2. The van der Waals surface area contributed by atoms with E-state index in [0.29, 0.717) is 12.1 Å². The predicted octanol–water partition coefficient (Wildman–Crippen LogP) is 3.32. The third-order valence-corrected chi connectivity index (χ3v) is 4.62. The summed E-state index contributed by atoms with van der Waals surface area (Å²) < 4.78 is 24.6. The molecule has 0 aliphatic rings. The molecule has 0 radical (unpaired) electrons. The minimum Gasteiger partial charge on any atom is -0.220 e. The molecule has 0 amide bonds. The molecule has 0 fully saturated rings. The van der Waals surface area contributed by atoms with Crippen LogP contribution in [0.4, 0.5) is 0 Å². The standard InChI is InChI=1S/C12H12Cl2N2O2S/c1-3-9-11(19(14,17)18)12(13)16(15-9)10-7-5-4-6-8(10)2/h4-7H,3H2,1-2H3. The number of aryl methyl sites for hydroxylation is 2. The maximum absolute atomic E-state index is 11.6. The van der Waals surface area contributed by atoms with E-state index in [1.165, 1.54) is 4.68 Å². The zero-order valence-electron chi connectivity index (χ0n) is 10.4. The molecule has 2 aromatic rings. The van der Waals surface area contributed by atoms with E-state index in [1.54, 1.807) is 6.92 Å². The number of nitrogens with zero attached hydrogens (tertiary/aromatic N) is 2. The molecule has 0 atom stereocenters. The molecule has 2 rings (SSSR count). The fourth-order valence-electron chi connectivity index (χ4n) is 1.86. The van der Waals surface area contributed by atoms with Gasteiger partial charge < -0.3 is 0 Å². The number of hydrogen-bond acceptors (Lipinski definition) is 3. The summed E-state index contributed by atoms with van der Waals surface area (Å²) in [6, 6.07) is 7.43. The molecule has 1 aromatic heterocycles. The van der Waals surface area contributed by atoms with Crippen LogP contribution in [0.15, 0.2) is 29.2 Å².